The smallest absolute Gasteiger partial charge is 0.302 e. The summed E-state index contributed by atoms with van der Waals surface area (Å²) in [4.78, 5) is 24.1. The Morgan fingerprint density at radius 1 is 0.632 bits per heavy atom. The fourth-order valence-electron chi connectivity index (χ4n) is 8.77. The van der Waals surface area contributed by atoms with Crippen LogP contribution < -0.4 is 9.80 Å². The monoisotopic (exact) mass is 1120 g/mol. The van der Waals surface area contributed by atoms with E-state index in [1.54, 1.807) is 19.2 Å². The van der Waals surface area contributed by atoms with Gasteiger partial charge in [-0.15, -0.1) is 0 Å². The fraction of sp³-hybridized carbons (Fsp3) is 0.696. The number of allylic oxidation sites excluding steroid dienone is 2. The van der Waals surface area contributed by atoms with E-state index in [0.717, 1.165) is 136 Å². The highest BCUT2D eigenvalue weighted by Crippen LogP contribution is 2.38. The molecule has 4 aromatic heterocycles. The van der Waals surface area contributed by atoms with Crippen molar-refractivity contribution < 1.29 is 28.5 Å². The number of carbonyl (C=O) groups excluding carboxylic acids is 1. The second-order valence-corrected chi connectivity index (χ2v) is 47.9. The van der Waals surface area contributed by atoms with Crippen LogP contribution >= 0.6 is 0 Å². The minimum absolute atomic E-state index is 0.211. The van der Waals surface area contributed by atoms with Crippen molar-refractivity contribution in [3.63, 3.8) is 0 Å². The highest BCUT2D eigenvalue weighted by atomic mass is 28.3. The molecule has 16 nitrogen and oxygen atoms in total. The van der Waals surface area contributed by atoms with Crippen LogP contribution in [-0.4, -0.2) is 127 Å². The number of nitrogens with zero attached hydrogens (tertiary/aromatic N) is 10. The quantitative estimate of drug-likeness (QED) is 0.0191. The molecular weight excluding hydrogens is 1020 g/mol. The first kappa shape index (κ1) is 64.3. The number of aromatic nitrogens is 6. The average Bonchev–Trinajstić information content (AvgIpc) is 4.03. The molecule has 0 saturated heterocycles. The Bertz CT molecular complexity index is 2420. The number of rotatable bonds is 26. The summed E-state index contributed by atoms with van der Waals surface area (Å²) in [6, 6.07) is 17.4. The predicted molar refractivity (Wildman–Crippen MR) is 319 cm³/mol. The van der Waals surface area contributed by atoms with Crippen LogP contribution in [0.1, 0.15) is 94.9 Å². The Morgan fingerprint density at radius 3 is 1.33 bits per heavy atom. The first-order valence-corrected chi connectivity index (χ1v) is 42.8. The third kappa shape index (κ3) is 24.2. The lowest BCUT2D eigenvalue weighted by Crippen LogP contribution is -2.33. The molecule has 2 aliphatic rings. The molecule has 0 N–H and O–H groups in total. The lowest BCUT2D eigenvalue weighted by molar-refractivity contribution is -0.140. The van der Waals surface area contributed by atoms with E-state index < -0.39 is 32.3 Å². The van der Waals surface area contributed by atoms with Gasteiger partial charge < -0.3 is 33.5 Å². The number of hydrogen-bond donors (Lipinski definition) is 0. The van der Waals surface area contributed by atoms with E-state index in [1.807, 2.05) is 27.4 Å². The normalized spacial score (nSPS) is 17.2. The maximum atomic E-state index is 9.82. The standard InChI is InChI=1S/C26H45N5O2Si2.C26H43N5O2Si2.C4H8O2/c2*1-34(2,3)17-15-32-20-30(21-33-16-18-35(4,5)6)26-19-24(29-25-12-14-28-31(25)26)23-9-7-22(8-10-23)11-13-27;1-3-6-4(2)5/h12,14,19,22-23H,7-11,15-18,20-21H2,1-6H3;11-12,14,19,23H,7-10,15-18,20-21H2,1-6H3;3H2,1-2H3. The van der Waals surface area contributed by atoms with Crippen molar-refractivity contribution in [2.75, 3.05) is 69.8 Å². The zero-order chi connectivity index (χ0) is 55.9. The Hall–Kier alpha value is -4.26. The van der Waals surface area contributed by atoms with Crippen LogP contribution in [0.15, 0.2) is 48.3 Å². The molecule has 4 aromatic rings. The second-order valence-electron chi connectivity index (χ2n) is 25.5. The number of ether oxygens (including phenoxy) is 5. The Kier molecular flexibility index (Phi) is 26.5. The van der Waals surface area contributed by atoms with Crippen molar-refractivity contribution in [1.29, 1.82) is 10.5 Å². The topological polar surface area (TPSA) is 178 Å². The van der Waals surface area contributed by atoms with Crippen LogP contribution in [0.2, 0.25) is 103 Å². The van der Waals surface area contributed by atoms with Gasteiger partial charge in [0, 0.05) is 126 Å². The number of fused-ring (bicyclic) bond motifs is 2. The van der Waals surface area contributed by atoms with Crippen LogP contribution in [-0.2, 0) is 28.5 Å². The van der Waals surface area contributed by atoms with Gasteiger partial charge >= 0.3 is 5.97 Å². The minimum Gasteiger partial charge on any atom is -0.466 e. The van der Waals surface area contributed by atoms with Crippen molar-refractivity contribution in [2.24, 2.45) is 5.92 Å². The lowest BCUT2D eigenvalue weighted by Gasteiger charge is -2.29. The fourth-order valence-corrected chi connectivity index (χ4v) is 11.8. The minimum atomic E-state index is -1.16. The van der Waals surface area contributed by atoms with Gasteiger partial charge in [-0.25, -0.2) is 9.97 Å². The van der Waals surface area contributed by atoms with Gasteiger partial charge in [0.25, 0.3) is 0 Å². The van der Waals surface area contributed by atoms with Gasteiger partial charge in [-0.3, -0.25) is 4.79 Å². The van der Waals surface area contributed by atoms with Crippen LogP contribution in [0.4, 0.5) is 11.6 Å². The van der Waals surface area contributed by atoms with E-state index in [4.69, 9.17) is 39.4 Å². The average molecular weight is 1120 g/mol. The molecule has 2 saturated carbocycles. The van der Waals surface area contributed by atoms with E-state index in [-0.39, 0.29) is 5.97 Å². The van der Waals surface area contributed by atoms with Crippen molar-refractivity contribution in [3.05, 3.63) is 59.7 Å². The first-order valence-electron chi connectivity index (χ1n) is 28.0. The summed E-state index contributed by atoms with van der Waals surface area (Å²) in [7, 11) is -4.63. The summed E-state index contributed by atoms with van der Waals surface area (Å²) in [6.45, 7) is 37.1. The molecule has 6 rings (SSSR count). The van der Waals surface area contributed by atoms with Gasteiger partial charge in [0.05, 0.1) is 31.1 Å². The molecule has 0 aromatic carbocycles. The number of hydrogen-bond acceptors (Lipinski definition) is 14. The van der Waals surface area contributed by atoms with Crippen molar-refractivity contribution in [3.8, 4) is 12.1 Å². The molecule has 4 heterocycles. The van der Waals surface area contributed by atoms with E-state index >= 15 is 0 Å². The van der Waals surface area contributed by atoms with Gasteiger partial charge in [-0.1, -0.05) is 84.1 Å². The van der Waals surface area contributed by atoms with Crippen LogP contribution in [0.25, 0.3) is 11.3 Å². The van der Waals surface area contributed by atoms with E-state index in [0.29, 0.717) is 57.7 Å². The molecule has 0 aliphatic heterocycles. The lowest BCUT2D eigenvalue weighted by atomic mass is 9.79. The molecule has 20 heteroatoms. The van der Waals surface area contributed by atoms with E-state index in [2.05, 4.69) is 128 Å². The summed E-state index contributed by atoms with van der Waals surface area (Å²) in [5.74, 6) is 3.07. The first-order chi connectivity index (χ1) is 35.9. The predicted octanol–water partition coefficient (Wildman–Crippen LogP) is 13.2. The molecule has 0 radical (unpaired) electrons. The molecule has 422 valence electrons. The third-order valence-electron chi connectivity index (χ3n) is 13.7. The highest BCUT2D eigenvalue weighted by molar-refractivity contribution is 6.77. The van der Waals surface area contributed by atoms with Gasteiger partial charge in [-0.05, 0) is 88.4 Å². The number of anilines is 2. The molecular formula is C56H96N10O6Si4. The Balaban J connectivity index is 0.000000296. The number of esters is 1. The molecule has 76 heavy (non-hydrogen) atoms. The molecule has 2 fully saturated rings. The van der Waals surface area contributed by atoms with Gasteiger partial charge in [0.1, 0.15) is 38.6 Å². The molecule has 0 bridgehead atoms. The van der Waals surface area contributed by atoms with Crippen molar-refractivity contribution >= 4 is 61.2 Å². The zero-order valence-electron chi connectivity index (χ0n) is 49.3. The zero-order valence-corrected chi connectivity index (χ0v) is 53.3. The van der Waals surface area contributed by atoms with Crippen LogP contribution in [0, 0.1) is 28.6 Å². The maximum Gasteiger partial charge on any atom is 0.302 e. The number of carbonyl (C=O) groups is 1. The summed E-state index contributed by atoms with van der Waals surface area (Å²) in [5.41, 5.74) is 5.19. The summed E-state index contributed by atoms with van der Waals surface area (Å²) in [6.07, 6.45) is 14.3. The molecule has 0 spiro atoms. The Labute approximate surface area is 460 Å². The van der Waals surface area contributed by atoms with Gasteiger partial charge in [-0.2, -0.15) is 29.8 Å². The summed E-state index contributed by atoms with van der Waals surface area (Å²) >= 11 is 0. The van der Waals surface area contributed by atoms with Crippen molar-refractivity contribution in [1.82, 2.24) is 29.2 Å². The SMILES string of the molecule is CCOC(C)=O.C[Si](C)(C)CCOCN(COCC[Si](C)(C)C)c1cc(C2CCC(=CC#N)CC2)nc2ccnn12.C[Si](C)(C)CCOCN(COCC[Si](C)(C)C)c1cc(C2CCC(CC#N)CC2)nc2ccnn12. The van der Waals surface area contributed by atoms with Crippen LogP contribution in [0.5, 0.6) is 0 Å². The molecule has 0 atom stereocenters. The van der Waals surface area contributed by atoms with E-state index in [1.165, 1.54) is 12.5 Å². The second kappa shape index (κ2) is 31.4. The highest BCUT2D eigenvalue weighted by Gasteiger charge is 2.27. The van der Waals surface area contributed by atoms with Crippen LogP contribution in [0.3, 0.4) is 0 Å². The summed E-state index contributed by atoms with van der Waals surface area (Å²) in [5, 5.41) is 27.2. The molecule has 2 aliphatic carbocycles. The Morgan fingerprint density at radius 2 is 1.01 bits per heavy atom. The largest absolute Gasteiger partial charge is 0.466 e. The summed E-state index contributed by atoms with van der Waals surface area (Å²) < 4.78 is 32.9. The molecule has 0 amide bonds. The van der Waals surface area contributed by atoms with Gasteiger partial charge in [0.2, 0.25) is 0 Å². The van der Waals surface area contributed by atoms with Crippen molar-refractivity contribution in [2.45, 2.75) is 186 Å². The number of nitriles is 2. The van der Waals surface area contributed by atoms with E-state index in [9.17, 15) is 4.79 Å². The maximum absolute atomic E-state index is 9.82. The van der Waals surface area contributed by atoms with Gasteiger partial charge in [0.15, 0.2) is 11.3 Å². The molecule has 0 unspecified atom stereocenters. The third-order valence-corrected chi connectivity index (χ3v) is 20.5.